The van der Waals surface area contributed by atoms with Gasteiger partial charge in [0, 0.05) is 26.2 Å². The highest BCUT2D eigenvalue weighted by Crippen LogP contribution is 2.22. The highest BCUT2D eigenvalue weighted by Gasteiger charge is 2.32. The van der Waals surface area contributed by atoms with Crippen molar-refractivity contribution in [1.82, 2.24) is 10.2 Å². The van der Waals surface area contributed by atoms with Crippen molar-refractivity contribution in [3.05, 3.63) is 71.5 Å². The maximum absolute atomic E-state index is 12.9. The molecule has 2 N–H and O–H groups in total. The van der Waals surface area contributed by atoms with Crippen LogP contribution in [0.25, 0.3) is 0 Å². The summed E-state index contributed by atoms with van der Waals surface area (Å²) in [5, 5.41) is 14.2. The van der Waals surface area contributed by atoms with Gasteiger partial charge < -0.3 is 10.4 Å². The summed E-state index contributed by atoms with van der Waals surface area (Å²) >= 11 is 0. The number of halogens is 1. The molecule has 0 bridgehead atoms. The number of aliphatic hydroxyl groups is 1. The molecule has 1 heterocycles. The molecule has 1 atom stereocenters. The normalized spacial score (nSPS) is 21.8. The molecule has 0 spiro atoms. The monoisotopic (exact) mass is 328 g/mol. The maximum atomic E-state index is 12.9. The van der Waals surface area contributed by atoms with Crippen LogP contribution >= 0.6 is 0 Å². The molecule has 2 aromatic rings. The van der Waals surface area contributed by atoms with E-state index in [4.69, 9.17) is 0 Å². The molecule has 0 aliphatic carbocycles. The smallest absolute Gasteiger partial charge is 0.123 e. The first-order chi connectivity index (χ1) is 11.6. The van der Waals surface area contributed by atoms with E-state index in [-0.39, 0.29) is 5.82 Å². The second-order valence-electron chi connectivity index (χ2n) is 6.75. The van der Waals surface area contributed by atoms with Crippen molar-refractivity contribution in [2.75, 3.05) is 19.6 Å². The molecule has 128 valence electrons. The van der Waals surface area contributed by atoms with E-state index in [0.717, 1.165) is 31.5 Å². The van der Waals surface area contributed by atoms with Crippen molar-refractivity contribution < 1.29 is 9.50 Å². The Hall–Kier alpha value is -1.75. The molecule has 0 saturated carbocycles. The summed E-state index contributed by atoms with van der Waals surface area (Å²) in [5.74, 6) is -0.221. The molecule has 0 amide bonds. The Balaban J connectivity index is 1.49. The Kier molecular flexibility index (Phi) is 5.61. The lowest BCUT2D eigenvalue weighted by Gasteiger charge is -2.39. The van der Waals surface area contributed by atoms with E-state index in [1.165, 1.54) is 17.7 Å². The molecule has 4 heteroatoms. The zero-order valence-electron chi connectivity index (χ0n) is 13.9. The number of hydrogen-bond donors (Lipinski definition) is 2. The fourth-order valence-corrected chi connectivity index (χ4v) is 3.37. The van der Waals surface area contributed by atoms with Crippen molar-refractivity contribution in [3.8, 4) is 0 Å². The number of likely N-dealkylation sites (tertiary alicyclic amines) is 1. The number of rotatable bonds is 6. The van der Waals surface area contributed by atoms with Crippen molar-refractivity contribution >= 4 is 0 Å². The van der Waals surface area contributed by atoms with Crippen LogP contribution in [-0.2, 0) is 13.1 Å². The van der Waals surface area contributed by atoms with Crippen molar-refractivity contribution in [3.63, 3.8) is 0 Å². The lowest BCUT2D eigenvalue weighted by molar-refractivity contribution is -0.0320. The molecule has 24 heavy (non-hydrogen) atoms. The summed E-state index contributed by atoms with van der Waals surface area (Å²) in [6.45, 7) is 3.77. The van der Waals surface area contributed by atoms with Gasteiger partial charge in [-0.05, 0) is 42.6 Å². The van der Waals surface area contributed by atoms with Crippen LogP contribution in [0.15, 0.2) is 54.6 Å². The second kappa shape index (κ2) is 7.88. The highest BCUT2D eigenvalue weighted by molar-refractivity contribution is 5.16. The van der Waals surface area contributed by atoms with Crippen LogP contribution in [0.1, 0.15) is 24.0 Å². The van der Waals surface area contributed by atoms with Crippen LogP contribution < -0.4 is 5.32 Å². The zero-order valence-corrected chi connectivity index (χ0v) is 13.9. The third kappa shape index (κ3) is 4.87. The van der Waals surface area contributed by atoms with Crippen LogP contribution in [0.2, 0.25) is 0 Å². The fourth-order valence-electron chi connectivity index (χ4n) is 3.37. The van der Waals surface area contributed by atoms with Gasteiger partial charge >= 0.3 is 0 Å². The van der Waals surface area contributed by atoms with Crippen LogP contribution in [0.5, 0.6) is 0 Å². The first-order valence-electron chi connectivity index (χ1n) is 8.57. The third-order valence-corrected chi connectivity index (χ3v) is 4.58. The topological polar surface area (TPSA) is 35.5 Å². The van der Waals surface area contributed by atoms with Crippen molar-refractivity contribution in [1.29, 1.82) is 0 Å². The summed E-state index contributed by atoms with van der Waals surface area (Å²) in [6.07, 6.45) is 1.82. The fraction of sp³-hybridized carbons (Fsp3) is 0.400. The van der Waals surface area contributed by atoms with Gasteiger partial charge in [-0.1, -0.05) is 42.5 Å². The number of β-amino-alcohol motifs (C(OH)–C–C–N with tert-alkyl or cyclic N) is 1. The van der Waals surface area contributed by atoms with Crippen LogP contribution in [0.4, 0.5) is 4.39 Å². The second-order valence-corrected chi connectivity index (χ2v) is 6.75. The van der Waals surface area contributed by atoms with Gasteiger partial charge in [-0.15, -0.1) is 0 Å². The van der Waals surface area contributed by atoms with Crippen LogP contribution in [0.3, 0.4) is 0 Å². The number of nitrogens with one attached hydrogen (secondary N) is 1. The van der Waals surface area contributed by atoms with Gasteiger partial charge in [-0.2, -0.15) is 0 Å². The minimum Gasteiger partial charge on any atom is -0.387 e. The summed E-state index contributed by atoms with van der Waals surface area (Å²) in [7, 11) is 0. The molecule has 0 unspecified atom stereocenters. The Labute approximate surface area is 143 Å². The molecule has 2 aromatic carbocycles. The molecular weight excluding hydrogens is 303 g/mol. The highest BCUT2D eigenvalue weighted by atomic mass is 19.1. The molecule has 0 radical (unpaired) electrons. The lowest BCUT2D eigenvalue weighted by Crippen LogP contribution is -2.53. The average Bonchev–Trinajstić information content (AvgIpc) is 2.58. The Bertz CT molecular complexity index is 632. The van der Waals surface area contributed by atoms with Gasteiger partial charge in [-0.25, -0.2) is 4.39 Å². The molecular formula is C20H25FN2O. The Morgan fingerprint density at radius 3 is 2.54 bits per heavy atom. The van der Waals surface area contributed by atoms with Gasteiger partial charge in [0.1, 0.15) is 5.82 Å². The van der Waals surface area contributed by atoms with Gasteiger partial charge in [0.2, 0.25) is 0 Å². The van der Waals surface area contributed by atoms with Crippen LogP contribution in [0, 0.1) is 5.82 Å². The van der Waals surface area contributed by atoms with Crippen molar-refractivity contribution in [2.45, 2.75) is 31.5 Å². The Morgan fingerprint density at radius 1 is 1.04 bits per heavy atom. The average molecular weight is 328 g/mol. The molecule has 1 saturated heterocycles. The zero-order chi connectivity index (χ0) is 16.8. The Morgan fingerprint density at radius 2 is 1.79 bits per heavy atom. The first kappa shape index (κ1) is 17.1. The van der Waals surface area contributed by atoms with Crippen molar-refractivity contribution in [2.24, 2.45) is 0 Å². The van der Waals surface area contributed by atoms with Crippen LogP contribution in [-0.4, -0.2) is 35.2 Å². The van der Waals surface area contributed by atoms with E-state index in [0.29, 0.717) is 19.6 Å². The minimum atomic E-state index is -0.701. The van der Waals surface area contributed by atoms with E-state index in [2.05, 4.69) is 34.5 Å². The standard InChI is InChI=1S/C20H25FN2O/c21-19-9-7-17(8-10-19)13-22-15-20(24)11-4-12-23(16-20)14-18-5-2-1-3-6-18/h1-3,5-10,22,24H,4,11-16H2/t20-/m0/s1. The minimum absolute atomic E-state index is 0.221. The number of hydrogen-bond acceptors (Lipinski definition) is 3. The summed E-state index contributed by atoms with van der Waals surface area (Å²) in [4.78, 5) is 2.32. The SMILES string of the molecule is O[C@]1(CNCc2ccc(F)cc2)CCCN(Cc2ccccc2)C1. The predicted molar refractivity (Wildman–Crippen MR) is 94.0 cm³/mol. The summed E-state index contributed by atoms with van der Waals surface area (Å²) in [5.41, 5.74) is 1.60. The molecule has 1 aliphatic rings. The van der Waals surface area contributed by atoms with Gasteiger partial charge in [0.05, 0.1) is 5.60 Å². The largest absolute Gasteiger partial charge is 0.387 e. The van der Waals surface area contributed by atoms with E-state index in [9.17, 15) is 9.50 Å². The summed E-state index contributed by atoms with van der Waals surface area (Å²) in [6, 6.07) is 16.9. The van der Waals surface area contributed by atoms with Gasteiger partial charge in [0.25, 0.3) is 0 Å². The lowest BCUT2D eigenvalue weighted by atomic mass is 9.92. The number of nitrogens with zero attached hydrogens (tertiary/aromatic N) is 1. The van der Waals surface area contributed by atoms with Gasteiger partial charge in [0.15, 0.2) is 0 Å². The molecule has 3 rings (SSSR count). The third-order valence-electron chi connectivity index (χ3n) is 4.58. The first-order valence-corrected chi connectivity index (χ1v) is 8.57. The quantitative estimate of drug-likeness (QED) is 0.856. The molecule has 1 fully saturated rings. The van der Waals surface area contributed by atoms with E-state index < -0.39 is 5.60 Å². The molecule has 0 aromatic heterocycles. The number of benzene rings is 2. The molecule has 1 aliphatic heterocycles. The van der Waals surface area contributed by atoms with E-state index in [1.807, 2.05) is 6.07 Å². The number of piperidine rings is 1. The molecule has 3 nitrogen and oxygen atoms in total. The van der Waals surface area contributed by atoms with E-state index in [1.54, 1.807) is 12.1 Å². The summed E-state index contributed by atoms with van der Waals surface area (Å²) < 4.78 is 12.9. The maximum Gasteiger partial charge on any atom is 0.123 e. The predicted octanol–water partition coefficient (Wildman–Crippen LogP) is 2.94. The van der Waals surface area contributed by atoms with Gasteiger partial charge in [-0.3, -0.25) is 4.90 Å². The van der Waals surface area contributed by atoms with E-state index >= 15 is 0 Å².